The Balaban J connectivity index is 1.83. The van der Waals surface area contributed by atoms with Gasteiger partial charge in [-0.15, -0.1) is 0 Å². The van der Waals surface area contributed by atoms with Gasteiger partial charge in [0.05, 0.1) is 6.04 Å². The number of carbonyl (C=O) groups excluding carboxylic acids is 2. The molecule has 0 radical (unpaired) electrons. The lowest BCUT2D eigenvalue weighted by Crippen LogP contribution is -2.43. The first-order chi connectivity index (χ1) is 10.6. The number of hydrogen-bond acceptors (Lipinski definition) is 3. The van der Waals surface area contributed by atoms with E-state index in [4.69, 9.17) is 4.74 Å². The summed E-state index contributed by atoms with van der Waals surface area (Å²) in [6, 6.07) is 5.28. The maximum absolute atomic E-state index is 13.2. The van der Waals surface area contributed by atoms with Gasteiger partial charge in [-0.1, -0.05) is 6.07 Å². The Kier molecular flexibility index (Phi) is 5.71. The standard InChI is InChI=1S/C15H20FN3O3/c1-22-7-3-6-17-15(21)18-12-9-14(20)19(10-12)13-5-2-4-11(16)8-13/h2,4-5,8,12H,3,6-7,9-10H2,1H3,(H2,17,18,21)/t12-/m1/s1. The Morgan fingerprint density at radius 3 is 3.05 bits per heavy atom. The average molecular weight is 309 g/mol. The topological polar surface area (TPSA) is 70.7 Å². The Labute approximate surface area is 128 Å². The van der Waals surface area contributed by atoms with Gasteiger partial charge in [-0.25, -0.2) is 9.18 Å². The van der Waals surface area contributed by atoms with E-state index in [9.17, 15) is 14.0 Å². The number of benzene rings is 1. The van der Waals surface area contributed by atoms with Gasteiger partial charge in [-0.2, -0.15) is 0 Å². The van der Waals surface area contributed by atoms with Crippen LogP contribution in [0.2, 0.25) is 0 Å². The van der Waals surface area contributed by atoms with E-state index in [2.05, 4.69) is 10.6 Å². The van der Waals surface area contributed by atoms with Crippen molar-refractivity contribution in [2.24, 2.45) is 0 Å². The molecule has 6 nitrogen and oxygen atoms in total. The van der Waals surface area contributed by atoms with Crippen molar-refractivity contribution >= 4 is 17.6 Å². The first kappa shape index (κ1) is 16.2. The molecule has 0 aromatic heterocycles. The number of nitrogens with one attached hydrogen (secondary N) is 2. The van der Waals surface area contributed by atoms with Gasteiger partial charge >= 0.3 is 6.03 Å². The molecule has 7 heteroatoms. The van der Waals surface area contributed by atoms with Crippen LogP contribution < -0.4 is 15.5 Å². The molecule has 1 fully saturated rings. The molecule has 0 saturated carbocycles. The van der Waals surface area contributed by atoms with Crippen LogP contribution in [0.1, 0.15) is 12.8 Å². The molecule has 0 bridgehead atoms. The van der Waals surface area contributed by atoms with Gasteiger partial charge in [-0.05, 0) is 24.6 Å². The van der Waals surface area contributed by atoms with Gasteiger partial charge < -0.3 is 20.3 Å². The van der Waals surface area contributed by atoms with Gasteiger partial charge in [0.25, 0.3) is 0 Å². The number of hydrogen-bond donors (Lipinski definition) is 2. The lowest BCUT2D eigenvalue weighted by molar-refractivity contribution is -0.117. The van der Waals surface area contributed by atoms with Crippen LogP contribution in [0.4, 0.5) is 14.9 Å². The van der Waals surface area contributed by atoms with E-state index < -0.39 is 5.82 Å². The SMILES string of the molecule is COCCCNC(=O)N[C@@H]1CC(=O)N(c2cccc(F)c2)C1. The van der Waals surface area contributed by atoms with Crippen LogP contribution in [-0.4, -0.2) is 44.8 Å². The summed E-state index contributed by atoms with van der Waals surface area (Å²) in [6.45, 7) is 1.43. The first-order valence-electron chi connectivity index (χ1n) is 7.19. The monoisotopic (exact) mass is 309 g/mol. The number of halogens is 1. The van der Waals surface area contributed by atoms with E-state index in [1.807, 2.05) is 0 Å². The summed E-state index contributed by atoms with van der Waals surface area (Å²) in [6.07, 6.45) is 0.935. The van der Waals surface area contributed by atoms with Crippen LogP contribution in [-0.2, 0) is 9.53 Å². The molecule has 22 heavy (non-hydrogen) atoms. The number of nitrogens with zero attached hydrogens (tertiary/aromatic N) is 1. The highest BCUT2D eigenvalue weighted by Crippen LogP contribution is 2.22. The number of ether oxygens (including phenoxy) is 1. The maximum atomic E-state index is 13.2. The Morgan fingerprint density at radius 1 is 1.50 bits per heavy atom. The first-order valence-corrected chi connectivity index (χ1v) is 7.19. The molecule has 1 aliphatic rings. The van der Waals surface area contributed by atoms with Crippen molar-refractivity contribution in [2.75, 3.05) is 31.7 Å². The Bertz CT molecular complexity index is 539. The summed E-state index contributed by atoms with van der Waals surface area (Å²) < 4.78 is 18.1. The molecule has 1 aromatic carbocycles. The van der Waals surface area contributed by atoms with E-state index in [1.54, 1.807) is 19.2 Å². The second-order valence-corrected chi connectivity index (χ2v) is 5.13. The quantitative estimate of drug-likeness (QED) is 0.777. The lowest BCUT2D eigenvalue weighted by Gasteiger charge is -2.17. The molecule has 1 aromatic rings. The number of rotatable bonds is 6. The van der Waals surface area contributed by atoms with Crippen LogP contribution in [0.5, 0.6) is 0 Å². The minimum absolute atomic E-state index is 0.129. The van der Waals surface area contributed by atoms with E-state index in [-0.39, 0.29) is 24.4 Å². The highest BCUT2D eigenvalue weighted by atomic mass is 19.1. The highest BCUT2D eigenvalue weighted by molar-refractivity contribution is 5.96. The molecule has 0 unspecified atom stereocenters. The van der Waals surface area contributed by atoms with Crippen LogP contribution in [0.25, 0.3) is 0 Å². The molecule has 1 atom stereocenters. The lowest BCUT2D eigenvalue weighted by atomic mass is 10.2. The minimum Gasteiger partial charge on any atom is -0.385 e. The third-order valence-corrected chi connectivity index (χ3v) is 3.39. The zero-order chi connectivity index (χ0) is 15.9. The zero-order valence-corrected chi connectivity index (χ0v) is 12.5. The van der Waals surface area contributed by atoms with Gasteiger partial charge in [0.1, 0.15) is 5.82 Å². The molecule has 1 saturated heterocycles. The summed E-state index contributed by atoms with van der Waals surface area (Å²) in [4.78, 5) is 25.2. The molecule has 2 N–H and O–H groups in total. The second-order valence-electron chi connectivity index (χ2n) is 5.13. The van der Waals surface area contributed by atoms with Crippen molar-refractivity contribution in [2.45, 2.75) is 18.9 Å². The highest BCUT2D eigenvalue weighted by Gasteiger charge is 2.31. The smallest absolute Gasteiger partial charge is 0.315 e. The number of carbonyl (C=O) groups is 2. The number of urea groups is 1. The van der Waals surface area contributed by atoms with Crippen molar-refractivity contribution in [3.63, 3.8) is 0 Å². The third-order valence-electron chi connectivity index (χ3n) is 3.39. The summed E-state index contributed by atoms with van der Waals surface area (Å²) >= 11 is 0. The summed E-state index contributed by atoms with van der Waals surface area (Å²) in [7, 11) is 1.60. The van der Waals surface area contributed by atoms with E-state index in [0.717, 1.165) is 6.42 Å². The summed E-state index contributed by atoms with van der Waals surface area (Å²) in [5, 5.41) is 5.46. The maximum Gasteiger partial charge on any atom is 0.315 e. The number of methoxy groups -OCH3 is 1. The second kappa shape index (κ2) is 7.74. The minimum atomic E-state index is -0.391. The predicted octanol–water partition coefficient (Wildman–Crippen LogP) is 1.27. The van der Waals surface area contributed by atoms with Gasteiger partial charge in [0.2, 0.25) is 5.91 Å². The summed E-state index contributed by atoms with van der Waals surface area (Å²) in [5.41, 5.74) is 0.509. The molecular weight excluding hydrogens is 289 g/mol. The molecular formula is C15H20FN3O3. The molecule has 3 amide bonds. The average Bonchev–Trinajstić information content (AvgIpc) is 2.84. The number of anilines is 1. The molecule has 1 aliphatic heterocycles. The predicted molar refractivity (Wildman–Crippen MR) is 80.2 cm³/mol. The van der Waals surface area contributed by atoms with Gasteiger partial charge in [0.15, 0.2) is 0 Å². The molecule has 0 spiro atoms. The van der Waals surface area contributed by atoms with E-state index >= 15 is 0 Å². The molecule has 2 rings (SSSR count). The summed E-state index contributed by atoms with van der Waals surface area (Å²) in [5.74, 6) is -0.520. The van der Waals surface area contributed by atoms with Gasteiger partial charge in [0, 0.05) is 38.9 Å². The Hall–Kier alpha value is -2.15. The van der Waals surface area contributed by atoms with Crippen LogP contribution in [0.15, 0.2) is 24.3 Å². The van der Waals surface area contributed by atoms with Crippen molar-refractivity contribution in [3.05, 3.63) is 30.1 Å². The van der Waals surface area contributed by atoms with Crippen molar-refractivity contribution in [3.8, 4) is 0 Å². The normalized spacial score (nSPS) is 17.6. The number of amides is 3. The van der Waals surface area contributed by atoms with Crippen molar-refractivity contribution in [1.82, 2.24) is 10.6 Å². The fourth-order valence-electron chi connectivity index (χ4n) is 2.35. The van der Waals surface area contributed by atoms with Crippen molar-refractivity contribution in [1.29, 1.82) is 0 Å². The van der Waals surface area contributed by atoms with E-state index in [0.29, 0.717) is 25.4 Å². The third kappa shape index (κ3) is 4.42. The van der Waals surface area contributed by atoms with Gasteiger partial charge in [-0.3, -0.25) is 4.79 Å². The largest absolute Gasteiger partial charge is 0.385 e. The van der Waals surface area contributed by atoms with Crippen LogP contribution >= 0.6 is 0 Å². The van der Waals surface area contributed by atoms with Crippen molar-refractivity contribution < 1.29 is 18.7 Å². The fraction of sp³-hybridized carbons (Fsp3) is 0.467. The molecule has 1 heterocycles. The van der Waals surface area contributed by atoms with Crippen LogP contribution in [0, 0.1) is 5.82 Å². The zero-order valence-electron chi connectivity index (χ0n) is 12.5. The van der Waals surface area contributed by atoms with E-state index in [1.165, 1.54) is 17.0 Å². The Morgan fingerprint density at radius 2 is 2.32 bits per heavy atom. The fourth-order valence-corrected chi connectivity index (χ4v) is 2.35. The van der Waals surface area contributed by atoms with Crippen LogP contribution in [0.3, 0.4) is 0 Å². The molecule has 120 valence electrons. The molecule has 0 aliphatic carbocycles.